The van der Waals surface area contributed by atoms with Crippen LogP contribution in [0.1, 0.15) is 17.9 Å². The molecule has 0 aliphatic carbocycles. The van der Waals surface area contributed by atoms with E-state index >= 15 is 0 Å². The maximum Gasteiger partial charge on any atom is 0.228 e. The number of hydrogen-bond acceptors (Lipinski definition) is 4. The van der Waals surface area contributed by atoms with Crippen molar-refractivity contribution in [2.24, 2.45) is 0 Å². The molecule has 0 saturated carbocycles. The lowest BCUT2D eigenvalue weighted by atomic mass is 9.92. The van der Waals surface area contributed by atoms with Crippen molar-refractivity contribution in [3.8, 4) is 5.75 Å². The molecular formula is C13H17NO4. The Morgan fingerprint density at radius 2 is 2.11 bits per heavy atom. The van der Waals surface area contributed by atoms with Gasteiger partial charge >= 0.3 is 0 Å². The summed E-state index contributed by atoms with van der Waals surface area (Å²) in [4.78, 5) is 12.1. The van der Waals surface area contributed by atoms with Crippen LogP contribution in [0.15, 0.2) is 24.3 Å². The van der Waals surface area contributed by atoms with Gasteiger partial charge in [0.2, 0.25) is 5.91 Å². The van der Waals surface area contributed by atoms with Crippen LogP contribution in [0.25, 0.3) is 0 Å². The second-order valence-electron chi connectivity index (χ2n) is 4.30. The number of amides is 1. The van der Waals surface area contributed by atoms with E-state index in [1.54, 1.807) is 0 Å². The summed E-state index contributed by atoms with van der Waals surface area (Å²) in [6.45, 7) is -0.0434. The standard InChI is InChI=1S/C13H17NO4/c15-7-9(8-16)14-13(17)11-5-6-18-12-4-2-1-3-10(11)12/h1-4,9,11,15-16H,5-8H2,(H,14,17). The van der Waals surface area contributed by atoms with Crippen LogP contribution in [0, 0.1) is 0 Å². The molecule has 0 spiro atoms. The molecule has 18 heavy (non-hydrogen) atoms. The van der Waals surface area contributed by atoms with Crippen molar-refractivity contribution in [1.29, 1.82) is 0 Å². The number of aliphatic hydroxyl groups excluding tert-OH is 2. The van der Waals surface area contributed by atoms with Gasteiger partial charge in [-0.15, -0.1) is 0 Å². The van der Waals surface area contributed by atoms with Crippen molar-refractivity contribution < 1.29 is 19.7 Å². The van der Waals surface area contributed by atoms with Gasteiger partial charge in [-0.3, -0.25) is 4.79 Å². The Morgan fingerprint density at radius 1 is 1.39 bits per heavy atom. The lowest BCUT2D eigenvalue weighted by Crippen LogP contribution is -2.43. The van der Waals surface area contributed by atoms with Crippen LogP contribution < -0.4 is 10.1 Å². The third-order valence-corrected chi connectivity index (χ3v) is 3.06. The first-order valence-electron chi connectivity index (χ1n) is 6.00. The van der Waals surface area contributed by atoms with Crippen LogP contribution >= 0.6 is 0 Å². The normalized spacial score (nSPS) is 18.1. The van der Waals surface area contributed by atoms with E-state index in [1.165, 1.54) is 0 Å². The number of ether oxygens (including phenoxy) is 1. The van der Waals surface area contributed by atoms with Crippen LogP contribution in [-0.4, -0.2) is 42.0 Å². The topological polar surface area (TPSA) is 78.8 Å². The summed E-state index contributed by atoms with van der Waals surface area (Å²) >= 11 is 0. The van der Waals surface area contributed by atoms with Gasteiger partial charge in [-0.05, 0) is 12.5 Å². The van der Waals surface area contributed by atoms with E-state index in [4.69, 9.17) is 14.9 Å². The van der Waals surface area contributed by atoms with Gasteiger partial charge in [0.15, 0.2) is 0 Å². The Bertz CT molecular complexity index is 417. The number of benzene rings is 1. The number of fused-ring (bicyclic) bond motifs is 1. The van der Waals surface area contributed by atoms with E-state index in [1.807, 2.05) is 24.3 Å². The lowest BCUT2D eigenvalue weighted by molar-refractivity contribution is -0.124. The molecule has 1 amide bonds. The number of para-hydroxylation sites is 1. The summed E-state index contributed by atoms with van der Waals surface area (Å²) in [6, 6.07) is 6.83. The molecule has 5 nitrogen and oxygen atoms in total. The fraction of sp³-hybridized carbons (Fsp3) is 0.462. The Morgan fingerprint density at radius 3 is 2.83 bits per heavy atom. The van der Waals surface area contributed by atoms with E-state index in [2.05, 4.69) is 5.32 Å². The molecule has 1 aromatic carbocycles. The van der Waals surface area contributed by atoms with Crippen LogP contribution in [-0.2, 0) is 4.79 Å². The minimum atomic E-state index is -0.604. The third kappa shape index (κ3) is 2.63. The number of aliphatic hydroxyl groups is 2. The minimum Gasteiger partial charge on any atom is -0.493 e. The first-order valence-corrected chi connectivity index (χ1v) is 6.00. The number of hydrogen-bond donors (Lipinski definition) is 3. The molecule has 0 fully saturated rings. The molecule has 1 aromatic rings. The molecule has 1 aliphatic rings. The highest BCUT2D eigenvalue weighted by Crippen LogP contribution is 2.33. The van der Waals surface area contributed by atoms with E-state index in [-0.39, 0.29) is 25.0 Å². The van der Waals surface area contributed by atoms with Crippen molar-refractivity contribution in [2.45, 2.75) is 18.4 Å². The molecule has 1 aliphatic heterocycles. The number of nitrogens with one attached hydrogen (secondary N) is 1. The van der Waals surface area contributed by atoms with Crippen molar-refractivity contribution in [2.75, 3.05) is 19.8 Å². The maximum absolute atomic E-state index is 12.1. The SMILES string of the molecule is O=C(NC(CO)CO)C1CCOc2ccccc21. The zero-order chi connectivity index (χ0) is 13.0. The van der Waals surface area contributed by atoms with Gasteiger partial charge in [0.05, 0.1) is 31.8 Å². The van der Waals surface area contributed by atoms with Crippen molar-refractivity contribution in [1.82, 2.24) is 5.32 Å². The van der Waals surface area contributed by atoms with Crippen molar-refractivity contribution >= 4 is 5.91 Å². The zero-order valence-electron chi connectivity index (χ0n) is 10.0. The fourth-order valence-electron chi connectivity index (χ4n) is 2.07. The summed E-state index contributed by atoms with van der Waals surface area (Å²) in [5.41, 5.74) is 0.857. The molecule has 1 unspecified atom stereocenters. The molecular weight excluding hydrogens is 234 g/mol. The number of carbonyl (C=O) groups is 1. The van der Waals surface area contributed by atoms with Gasteiger partial charge in [-0.1, -0.05) is 18.2 Å². The van der Waals surface area contributed by atoms with Crippen molar-refractivity contribution in [3.63, 3.8) is 0 Å². The Hall–Kier alpha value is -1.59. The Kier molecular flexibility index (Phi) is 4.17. The number of rotatable bonds is 4. The quantitative estimate of drug-likeness (QED) is 0.705. The van der Waals surface area contributed by atoms with Gasteiger partial charge in [0, 0.05) is 5.56 Å². The zero-order valence-corrected chi connectivity index (χ0v) is 10.0. The smallest absolute Gasteiger partial charge is 0.228 e. The van der Waals surface area contributed by atoms with Crippen LogP contribution in [0.2, 0.25) is 0 Å². The summed E-state index contributed by atoms with van der Waals surface area (Å²) in [7, 11) is 0. The van der Waals surface area contributed by atoms with Gasteiger partial charge in [-0.25, -0.2) is 0 Å². The van der Waals surface area contributed by atoms with Gasteiger partial charge < -0.3 is 20.3 Å². The van der Waals surface area contributed by atoms with Crippen molar-refractivity contribution in [3.05, 3.63) is 29.8 Å². The van der Waals surface area contributed by atoms with E-state index in [0.717, 1.165) is 11.3 Å². The predicted molar refractivity (Wildman–Crippen MR) is 65.4 cm³/mol. The minimum absolute atomic E-state index is 0.182. The lowest BCUT2D eigenvalue weighted by Gasteiger charge is -2.26. The third-order valence-electron chi connectivity index (χ3n) is 3.06. The monoisotopic (exact) mass is 251 g/mol. The summed E-state index contributed by atoms with van der Waals surface area (Å²) in [6.07, 6.45) is 0.604. The first kappa shape index (κ1) is 12.9. The van der Waals surface area contributed by atoms with E-state index < -0.39 is 6.04 Å². The molecule has 98 valence electrons. The maximum atomic E-state index is 12.1. The van der Waals surface area contributed by atoms with Crippen LogP contribution in [0.5, 0.6) is 5.75 Å². The summed E-state index contributed by atoms with van der Waals surface area (Å²) < 4.78 is 5.48. The molecule has 2 rings (SSSR count). The second kappa shape index (κ2) is 5.84. The molecule has 0 saturated heterocycles. The summed E-state index contributed by atoms with van der Waals surface area (Å²) in [5, 5.41) is 20.6. The molecule has 0 bridgehead atoms. The summed E-state index contributed by atoms with van der Waals surface area (Å²) in [5.74, 6) is 0.267. The van der Waals surface area contributed by atoms with E-state index in [0.29, 0.717) is 13.0 Å². The predicted octanol–water partition coefficient (Wildman–Crippen LogP) is 0.0221. The molecule has 1 heterocycles. The highest BCUT2D eigenvalue weighted by molar-refractivity contribution is 5.85. The van der Waals surface area contributed by atoms with Crippen LogP contribution in [0.3, 0.4) is 0 Å². The second-order valence-corrected chi connectivity index (χ2v) is 4.30. The molecule has 1 atom stereocenters. The largest absolute Gasteiger partial charge is 0.493 e. The highest BCUT2D eigenvalue weighted by atomic mass is 16.5. The van der Waals surface area contributed by atoms with E-state index in [9.17, 15) is 4.79 Å². The van der Waals surface area contributed by atoms with Gasteiger partial charge in [0.1, 0.15) is 5.75 Å². The Balaban J connectivity index is 2.12. The molecule has 3 N–H and O–H groups in total. The molecule has 0 aromatic heterocycles. The first-order chi connectivity index (χ1) is 8.76. The van der Waals surface area contributed by atoms with Gasteiger partial charge in [-0.2, -0.15) is 0 Å². The van der Waals surface area contributed by atoms with Gasteiger partial charge in [0.25, 0.3) is 0 Å². The average Bonchev–Trinajstić information content (AvgIpc) is 2.43. The molecule has 5 heteroatoms. The number of carbonyl (C=O) groups excluding carboxylic acids is 1. The Labute approximate surface area is 105 Å². The van der Waals surface area contributed by atoms with Crippen LogP contribution in [0.4, 0.5) is 0 Å². The highest BCUT2D eigenvalue weighted by Gasteiger charge is 2.28. The molecule has 0 radical (unpaired) electrons. The fourth-order valence-corrected chi connectivity index (χ4v) is 2.07. The average molecular weight is 251 g/mol.